The predicted octanol–water partition coefficient (Wildman–Crippen LogP) is 6.38. The van der Waals surface area contributed by atoms with Crippen molar-refractivity contribution in [2.45, 2.75) is 37.1 Å². The Morgan fingerprint density at radius 1 is 1.23 bits per heavy atom. The fourth-order valence-electron chi connectivity index (χ4n) is 3.38. The summed E-state index contributed by atoms with van der Waals surface area (Å²) in [6.45, 7) is 0. The lowest BCUT2D eigenvalue weighted by molar-refractivity contribution is -0.115. The third-order valence-corrected chi connectivity index (χ3v) is 7.21. The van der Waals surface area contributed by atoms with E-state index in [4.69, 9.17) is 28.2 Å². The summed E-state index contributed by atoms with van der Waals surface area (Å²) < 4.78 is 0. The van der Waals surface area contributed by atoms with E-state index in [1.807, 2.05) is 11.4 Å². The highest BCUT2D eigenvalue weighted by Gasteiger charge is 2.16. The average Bonchev–Trinajstić information content (AvgIpc) is 3.21. The monoisotopic (exact) mass is 488 g/mol. The van der Waals surface area contributed by atoms with Crippen LogP contribution in [-0.4, -0.2) is 21.6 Å². The zero-order valence-electron chi connectivity index (χ0n) is 16.5. The first-order valence-corrected chi connectivity index (χ1v) is 12.4. The molecule has 0 bridgehead atoms. The molecule has 1 aliphatic carbocycles. The Hall–Kier alpha value is -2.11. The number of aryl methyl sites for hydroxylation is 2. The lowest BCUT2D eigenvalue weighted by Gasteiger charge is -2.16. The minimum atomic E-state index is -0.132. The zero-order valence-corrected chi connectivity index (χ0v) is 19.6. The number of halogens is 2. The van der Waals surface area contributed by atoms with E-state index in [1.165, 1.54) is 28.7 Å². The number of fused-ring (bicyclic) bond motifs is 1. The number of hydrogen-bond donors (Lipinski definition) is 1. The van der Waals surface area contributed by atoms with E-state index >= 15 is 0 Å². The number of nitriles is 1. The van der Waals surface area contributed by atoms with E-state index in [9.17, 15) is 10.1 Å². The van der Waals surface area contributed by atoms with E-state index in [2.05, 4.69) is 16.4 Å². The van der Waals surface area contributed by atoms with Crippen LogP contribution in [-0.2, 0) is 17.6 Å². The van der Waals surface area contributed by atoms with Crippen LogP contribution in [0.1, 0.15) is 36.1 Å². The number of thiazole rings is 1. The van der Waals surface area contributed by atoms with E-state index in [0.717, 1.165) is 36.9 Å². The lowest BCUT2D eigenvalue weighted by atomic mass is 9.95. The number of aromatic nitrogens is 2. The Morgan fingerprint density at radius 2 is 2.06 bits per heavy atom. The minimum absolute atomic E-state index is 0.132. The smallest absolute Gasteiger partial charge is 0.226 e. The number of hydrogen-bond acceptors (Lipinski definition) is 6. The standard InChI is InChI=1S/C22H18Cl2N4OS2/c23-15-5-6-16(17(24)10-15)19-12-31-22(27-19)28-20(29)7-8-30-21-14(11-25)9-13-3-1-2-4-18(13)26-21/h5-6,9-10,12H,1-4,7-8H2,(H,27,28,29). The van der Waals surface area contributed by atoms with E-state index in [1.54, 1.807) is 18.2 Å². The number of nitrogens with one attached hydrogen (secondary N) is 1. The van der Waals surface area contributed by atoms with Gasteiger partial charge in [-0.25, -0.2) is 9.97 Å². The molecule has 2 heterocycles. The highest BCUT2D eigenvalue weighted by atomic mass is 35.5. The molecule has 9 heteroatoms. The Morgan fingerprint density at radius 3 is 2.87 bits per heavy atom. The van der Waals surface area contributed by atoms with Crippen molar-refractivity contribution in [1.82, 2.24) is 9.97 Å². The van der Waals surface area contributed by atoms with Gasteiger partial charge in [0.25, 0.3) is 0 Å². The number of pyridine rings is 1. The SMILES string of the molecule is N#Cc1cc2c(nc1SCCC(=O)Nc1nc(-c3ccc(Cl)cc3Cl)cs1)CCCC2. The quantitative estimate of drug-likeness (QED) is 0.407. The lowest BCUT2D eigenvalue weighted by Crippen LogP contribution is -2.12. The van der Waals surface area contributed by atoms with Crippen LogP contribution in [0, 0.1) is 11.3 Å². The molecule has 2 aromatic heterocycles. The molecule has 0 unspecified atom stereocenters. The summed E-state index contributed by atoms with van der Waals surface area (Å²) in [6, 6.07) is 9.42. The van der Waals surface area contributed by atoms with Gasteiger partial charge in [-0.1, -0.05) is 23.2 Å². The van der Waals surface area contributed by atoms with Crippen LogP contribution < -0.4 is 5.32 Å². The molecule has 0 atom stereocenters. The molecule has 0 saturated heterocycles. The summed E-state index contributed by atoms with van der Waals surface area (Å²) in [4.78, 5) is 21.5. The predicted molar refractivity (Wildman–Crippen MR) is 127 cm³/mol. The summed E-state index contributed by atoms with van der Waals surface area (Å²) in [5.41, 5.74) is 4.32. The van der Waals surface area contributed by atoms with Gasteiger partial charge in [0, 0.05) is 33.8 Å². The van der Waals surface area contributed by atoms with Crippen LogP contribution in [0.3, 0.4) is 0 Å². The van der Waals surface area contributed by atoms with Gasteiger partial charge in [-0.15, -0.1) is 23.1 Å². The van der Waals surface area contributed by atoms with E-state index in [0.29, 0.717) is 43.6 Å². The maximum atomic E-state index is 12.4. The van der Waals surface area contributed by atoms with Crippen molar-refractivity contribution < 1.29 is 4.79 Å². The second-order valence-electron chi connectivity index (χ2n) is 7.07. The van der Waals surface area contributed by atoms with Crippen molar-refractivity contribution in [3.05, 3.63) is 56.5 Å². The van der Waals surface area contributed by atoms with Crippen LogP contribution in [0.25, 0.3) is 11.3 Å². The van der Waals surface area contributed by atoms with Crippen molar-refractivity contribution in [3.8, 4) is 17.3 Å². The molecule has 1 amide bonds. The van der Waals surface area contributed by atoms with Crippen molar-refractivity contribution in [1.29, 1.82) is 5.26 Å². The molecular weight excluding hydrogens is 471 g/mol. The summed E-state index contributed by atoms with van der Waals surface area (Å²) in [5.74, 6) is 0.403. The topological polar surface area (TPSA) is 78.7 Å². The summed E-state index contributed by atoms with van der Waals surface area (Å²) in [7, 11) is 0. The van der Waals surface area contributed by atoms with Crippen molar-refractivity contribution >= 4 is 57.3 Å². The van der Waals surface area contributed by atoms with Gasteiger partial charge in [-0.3, -0.25) is 4.79 Å². The minimum Gasteiger partial charge on any atom is -0.302 e. The second-order valence-corrected chi connectivity index (χ2v) is 9.86. The Kier molecular flexibility index (Phi) is 7.13. The fraction of sp³-hybridized carbons (Fsp3) is 0.273. The molecule has 3 aromatic rings. The number of anilines is 1. The average molecular weight is 489 g/mol. The Bertz CT molecular complexity index is 1170. The highest BCUT2D eigenvalue weighted by molar-refractivity contribution is 7.99. The number of benzene rings is 1. The first-order valence-electron chi connectivity index (χ1n) is 9.80. The van der Waals surface area contributed by atoms with Gasteiger partial charge in [-0.05, 0) is 55.5 Å². The number of amides is 1. The molecule has 4 rings (SSSR count). The van der Waals surface area contributed by atoms with Crippen LogP contribution in [0.5, 0.6) is 0 Å². The van der Waals surface area contributed by atoms with E-state index in [-0.39, 0.29) is 5.91 Å². The highest BCUT2D eigenvalue weighted by Crippen LogP contribution is 2.32. The molecule has 5 nitrogen and oxygen atoms in total. The van der Waals surface area contributed by atoms with E-state index < -0.39 is 0 Å². The third kappa shape index (κ3) is 5.39. The number of carbonyl (C=O) groups excluding carboxylic acids is 1. The van der Waals surface area contributed by atoms with Gasteiger partial charge in [0.05, 0.1) is 16.3 Å². The molecule has 0 radical (unpaired) electrons. The van der Waals surface area contributed by atoms with Crippen LogP contribution in [0.2, 0.25) is 10.0 Å². The third-order valence-electron chi connectivity index (χ3n) is 4.91. The molecule has 0 spiro atoms. The first-order chi connectivity index (χ1) is 15.0. The maximum Gasteiger partial charge on any atom is 0.226 e. The molecule has 31 heavy (non-hydrogen) atoms. The number of rotatable bonds is 6. The largest absolute Gasteiger partial charge is 0.302 e. The molecule has 1 aromatic carbocycles. The molecule has 1 N–H and O–H groups in total. The van der Waals surface area contributed by atoms with Crippen LogP contribution >= 0.6 is 46.3 Å². The second kappa shape index (κ2) is 10.0. The molecular formula is C22H18Cl2N4OS2. The number of thioether (sulfide) groups is 1. The molecule has 0 fully saturated rings. The molecule has 158 valence electrons. The number of nitrogens with zero attached hydrogens (tertiary/aromatic N) is 3. The summed E-state index contributed by atoms with van der Waals surface area (Å²) >= 11 is 15.0. The molecule has 0 aliphatic heterocycles. The molecule has 0 saturated carbocycles. The van der Waals surface area contributed by atoms with Crippen molar-refractivity contribution in [2.75, 3.05) is 11.1 Å². The van der Waals surface area contributed by atoms with Gasteiger partial charge in [0.2, 0.25) is 5.91 Å². The molecule has 1 aliphatic rings. The van der Waals surface area contributed by atoms with Crippen LogP contribution in [0.4, 0.5) is 5.13 Å². The van der Waals surface area contributed by atoms with Gasteiger partial charge >= 0.3 is 0 Å². The zero-order chi connectivity index (χ0) is 21.8. The Labute approximate surface area is 198 Å². The summed E-state index contributed by atoms with van der Waals surface area (Å²) in [5, 5.41) is 16.4. The van der Waals surface area contributed by atoms with Crippen LogP contribution in [0.15, 0.2) is 34.7 Å². The normalized spacial score (nSPS) is 12.8. The summed E-state index contributed by atoms with van der Waals surface area (Å²) in [6.07, 6.45) is 4.52. The number of carbonyl (C=O) groups is 1. The van der Waals surface area contributed by atoms with Gasteiger partial charge in [0.15, 0.2) is 5.13 Å². The van der Waals surface area contributed by atoms with Crippen molar-refractivity contribution in [3.63, 3.8) is 0 Å². The van der Waals surface area contributed by atoms with Gasteiger partial charge < -0.3 is 5.32 Å². The first kappa shape index (κ1) is 22.1. The van der Waals surface area contributed by atoms with Gasteiger partial charge in [-0.2, -0.15) is 5.26 Å². The Balaban J connectivity index is 1.34. The van der Waals surface area contributed by atoms with Gasteiger partial charge in [0.1, 0.15) is 11.1 Å². The van der Waals surface area contributed by atoms with Crippen molar-refractivity contribution in [2.24, 2.45) is 0 Å². The maximum absolute atomic E-state index is 12.4. The fourth-order valence-corrected chi connectivity index (χ4v) is 5.53.